The van der Waals surface area contributed by atoms with Gasteiger partial charge in [0.2, 0.25) is 0 Å². The van der Waals surface area contributed by atoms with Crippen molar-refractivity contribution >= 4 is 10.0 Å². The normalized spacial score (nSPS) is 27.4. The van der Waals surface area contributed by atoms with Crippen LogP contribution in [0.2, 0.25) is 0 Å². The van der Waals surface area contributed by atoms with Crippen LogP contribution < -0.4 is 0 Å². The molecule has 0 aromatic carbocycles. The first-order chi connectivity index (χ1) is 7.31. The Balaban J connectivity index is 2.28. The molecule has 6 nitrogen and oxygen atoms in total. The lowest BCUT2D eigenvalue weighted by atomic mass is 10.1. The minimum Gasteiger partial charge on any atom is -0.389 e. The van der Waals surface area contributed by atoms with Crippen molar-refractivity contribution in [1.82, 2.24) is 13.9 Å². The summed E-state index contributed by atoms with van der Waals surface area (Å²) in [6.45, 7) is 2.11. The van der Waals surface area contributed by atoms with Gasteiger partial charge in [0, 0.05) is 26.3 Å². The van der Waals surface area contributed by atoms with Crippen molar-refractivity contribution in [2.45, 2.75) is 24.0 Å². The highest BCUT2D eigenvalue weighted by Gasteiger charge is 2.39. The Morgan fingerprint density at radius 1 is 1.56 bits per heavy atom. The molecule has 2 heterocycles. The highest BCUT2D eigenvalue weighted by Crippen LogP contribution is 2.25. The van der Waals surface area contributed by atoms with Crippen LogP contribution in [0.3, 0.4) is 0 Å². The molecule has 1 aliphatic heterocycles. The van der Waals surface area contributed by atoms with E-state index in [0.29, 0.717) is 13.0 Å². The maximum Gasteiger partial charge on any atom is 0.262 e. The van der Waals surface area contributed by atoms with Crippen LogP contribution in [0.5, 0.6) is 0 Å². The Labute approximate surface area is 94.6 Å². The summed E-state index contributed by atoms with van der Waals surface area (Å²) in [6.07, 6.45) is 3.36. The second-order valence-electron chi connectivity index (χ2n) is 4.46. The van der Waals surface area contributed by atoms with Crippen LogP contribution in [0.4, 0.5) is 0 Å². The third-order valence-electron chi connectivity index (χ3n) is 2.70. The summed E-state index contributed by atoms with van der Waals surface area (Å²) in [5, 5.41) is 9.78. The van der Waals surface area contributed by atoms with E-state index in [9.17, 15) is 13.5 Å². The molecule has 0 spiro atoms. The van der Waals surface area contributed by atoms with Crippen molar-refractivity contribution in [3.8, 4) is 0 Å². The fourth-order valence-electron chi connectivity index (χ4n) is 1.76. The van der Waals surface area contributed by atoms with Gasteiger partial charge in [-0.25, -0.2) is 13.4 Å². The van der Waals surface area contributed by atoms with Gasteiger partial charge in [0.1, 0.15) is 0 Å². The summed E-state index contributed by atoms with van der Waals surface area (Å²) in [4.78, 5) is 3.83. The molecule has 0 radical (unpaired) electrons. The fourth-order valence-corrected chi connectivity index (χ4v) is 3.29. The van der Waals surface area contributed by atoms with Crippen LogP contribution in [0.1, 0.15) is 13.3 Å². The Hall–Kier alpha value is -0.920. The molecular weight excluding hydrogens is 230 g/mol. The van der Waals surface area contributed by atoms with Gasteiger partial charge in [0.05, 0.1) is 11.9 Å². The number of hydrogen-bond acceptors (Lipinski definition) is 4. The summed E-state index contributed by atoms with van der Waals surface area (Å²) >= 11 is 0. The molecular formula is C9H15N3O3S. The third-order valence-corrected chi connectivity index (χ3v) is 4.43. The van der Waals surface area contributed by atoms with E-state index in [1.807, 2.05) is 0 Å². The van der Waals surface area contributed by atoms with E-state index in [1.54, 1.807) is 18.5 Å². The van der Waals surface area contributed by atoms with Crippen LogP contribution in [0, 0.1) is 0 Å². The second-order valence-corrected chi connectivity index (χ2v) is 6.35. The summed E-state index contributed by atoms with van der Waals surface area (Å²) < 4.78 is 27.0. The number of sulfonamides is 1. The zero-order valence-corrected chi connectivity index (χ0v) is 10.1. The topological polar surface area (TPSA) is 75.4 Å². The predicted octanol–water partition coefficient (Wildman–Crippen LogP) is -0.435. The van der Waals surface area contributed by atoms with Crippen LogP contribution >= 0.6 is 0 Å². The third kappa shape index (κ3) is 1.98. The highest BCUT2D eigenvalue weighted by atomic mass is 32.2. The first-order valence-electron chi connectivity index (χ1n) is 5.02. The first kappa shape index (κ1) is 11.6. The average molecular weight is 245 g/mol. The van der Waals surface area contributed by atoms with Gasteiger partial charge in [-0.1, -0.05) is 0 Å². The van der Waals surface area contributed by atoms with Gasteiger partial charge in [-0.15, -0.1) is 0 Å². The standard InChI is InChI=1S/C9H15N3O3S/c1-9(13)3-4-12(6-9)16(14,15)8-5-11(2)7-10-8/h5,7,13H,3-4,6H2,1-2H3. The van der Waals surface area contributed by atoms with Crippen molar-refractivity contribution in [3.63, 3.8) is 0 Å². The molecule has 1 aliphatic rings. The predicted molar refractivity (Wildman–Crippen MR) is 57.2 cm³/mol. The Morgan fingerprint density at radius 3 is 2.69 bits per heavy atom. The van der Waals surface area contributed by atoms with Crippen molar-refractivity contribution < 1.29 is 13.5 Å². The molecule has 1 atom stereocenters. The van der Waals surface area contributed by atoms with Gasteiger partial charge in [-0.2, -0.15) is 4.31 Å². The summed E-state index contributed by atoms with van der Waals surface area (Å²) in [5.74, 6) is 0. The summed E-state index contributed by atoms with van der Waals surface area (Å²) in [6, 6.07) is 0. The molecule has 1 fully saturated rings. The lowest BCUT2D eigenvalue weighted by molar-refractivity contribution is 0.0762. The van der Waals surface area contributed by atoms with Crippen molar-refractivity contribution in [3.05, 3.63) is 12.5 Å². The number of β-amino-alcohol motifs (C(OH)–C–C–N with tert-alkyl or cyclic N) is 1. The highest BCUT2D eigenvalue weighted by molar-refractivity contribution is 7.89. The van der Waals surface area contributed by atoms with Crippen LogP contribution in [0.25, 0.3) is 0 Å². The van der Waals surface area contributed by atoms with E-state index < -0.39 is 15.6 Å². The van der Waals surface area contributed by atoms with E-state index >= 15 is 0 Å². The number of aliphatic hydroxyl groups is 1. The molecule has 7 heteroatoms. The number of hydrogen-bond donors (Lipinski definition) is 1. The van der Waals surface area contributed by atoms with E-state index in [2.05, 4.69) is 4.98 Å². The SMILES string of the molecule is Cn1cnc(S(=O)(=O)N2CCC(C)(O)C2)c1. The Bertz CT molecular complexity index is 492. The lowest BCUT2D eigenvalue weighted by Crippen LogP contribution is -2.34. The maximum absolute atomic E-state index is 12.1. The molecule has 1 aromatic heterocycles. The minimum atomic E-state index is -3.55. The van der Waals surface area contributed by atoms with Crippen LogP contribution in [-0.2, 0) is 17.1 Å². The smallest absolute Gasteiger partial charge is 0.262 e. The zero-order chi connectivity index (χ0) is 12.0. The molecule has 0 saturated carbocycles. The monoisotopic (exact) mass is 245 g/mol. The molecule has 90 valence electrons. The maximum atomic E-state index is 12.1. The molecule has 1 saturated heterocycles. The second kappa shape index (κ2) is 3.54. The Morgan fingerprint density at radius 2 is 2.25 bits per heavy atom. The molecule has 1 aromatic rings. The molecule has 0 amide bonds. The number of aryl methyl sites for hydroxylation is 1. The van der Waals surface area contributed by atoms with E-state index in [-0.39, 0.29) is 11.6 Å². The van der Waals surface area contributed by atoms with Gasteiger partial charge in [-0.3, -0.25) is 0 Å². The number of nitrogens with zero attached hydrogens (tertiary/aromatic N) is 3. The van der Waals surface area contributed by atoms with Crippen molar-refractivity contribution in [2.24, 2.45) is 7.05 Å². The number of imidazole rings is 1. The first-order valence-corrected chi connectivity index (χ1v) is 6.46. The van der Waals surface area contributed by atoms with Crippen LogP contribution in [0.15, 0.2) is 17.6 Å². The quantitative estimate of drug-likeness (QED) is 0.767. The van der Waals surface area contributed by atoms with Crippen molar-refractivity contribution in [2.75, 3.05) is 13.1 Å². The lowest BCUT2D eigenvalue weighted by Gasteiger charge is -2.17. The van der Waals surface area contributed by atoms with Gasteiger partial charge >= 0.3 is 0 Å². The van der Waals surface area contributed by atoms with Crippen molar-refractivity contribution in [1.29, 1.82) is 0 Å². The molecule has 0 bridgehead atoms. The summed E-state index contributed by atoms with van der Waals surface area (Å²) in [5.41, 5.74) is -0.929. The van der Waals surface area contributed by atoms with E-state index in [0.717, 1.165) is 0 Å². The molecule has 2 rings (SSSR count). The summed E-state index contributed by atoms with van der Waals surface area (Å²) in [7, 11) is -1.83. The average Bonchev–Trinajstić information content (AvgIpc) is 2.72. The molecule has 1 unspecified atom stereocenters. The van der Waals surface area contributed by atoms with Gasteiger partial charge < -0.3 is 9.67 Å². The van der Waals surface area contributed by atoms with Crippen LogP contribution in [-0.4, -0.2) is 46.1 Å². The molecule has 1 N–H and O–H groups in total. The zero-order valence-electron chi connectivity index (χ0n) is 9.29. The minimum absolute atomic E-state index is 0.0349. The molecule has 0 aliphatic carbocycles. The van der Waals surface area contributed by atoms with Gasteiger partial charge in [0.25, 0.3) is 10.0 Å². The van der Waals surface area contributed by atoms with E-state index in [1.165, 1.54) is 16.8 Å². The fraction of sp³-hybridized carbons (Fsp3) is 0.667. The largest absolute Gasteiger partial charge is 0.389 e. The number of rotatable bonds is 2. The molecule has 16 heavy (non-hydrogen) atoms. The van der Waals surface area contributed by atoms with Gasteiger partial charge in [-0.05, 0) is 13.3 Å². The van der Waals surface area contributed by atoms with Gasteiger partial charge in [0.15, 0.2) is 5.03 Å². The van der Waals surface area contributed by atoms with E-state index in [4.69, 9.17) is 0 Å². The Kier molecular flexibility index (Phi) is 2.56. The number of aromatic nitrogens is 2.